The number of halogens is 1. The van der Waals surface area contributed by atoms with Gasteiger partial charge in [0, 0.05) is 15.8 Å². The van der Waals surface area contributed by atoms with Gasteiger partial charge in [-0.3, -0.25) is 0 Å². The Morgan fingerprint density at radius 2 is 1.97 bits per heavy atom. The summed E-state index contributed by atoms with van der Waals surface area (Å²) in [5.41, 5.74) is 0.809. The van der Waals surface area contributed by atoms with Crippen molar-refractivity contribution in [1.82, 2.24) is 0 Å². The molecule has 1 aliphatic rings. The number of hydrogen-bond donors (Lipinski definition) is 1. The molecule has 2 aromatic carbocycles. The zero-order chi connectivity index (χ0) is 21.2. The van der Waals surface area contributed by atoms with E-state index < -0.39 is 27.3 Å². The summed E-state index contributed by atoms with van der Waals surface area (Å²) in [6.07, 6.45) is 2.29. The highest BCUT2D eigenvalue weighted by molar-refractivity contribution is 9.10. The molecule has 0 aromatic heterocycles. The minimum absolute atomic E-state index is 0.0350. The van der Waals surface area contributed by atoms with E-state index in [4.69, 9.17) is 4.74 Å². The van der Waals surface area contributed by atoms with E-state index in [9.17, 15) is 13.5 Å². The first-order chi connectivity index (χ1) is 13.8. The van der Waals surface area contributed by atoms with Crippen molar-refractivity contribution < 1.29 is 18.3 Å². The summed E-state index contributed by atoms with van der Waals surface area (Å²) in [5.74, 6) is 0.202. The highest BCUT2D eigenvalue weighted by Crippen LogP contribution is 2.49. The van der Waals surface area contributed by atoms with Crippen molar-refractivity contribution in [3.63, 3.8) is 0 Å². The highest BCUT2D eigenvalue weighted by atomic mass is 79.9. The molecular weight excluding hydrogens is 452 g/mol. The normalized spacial score (nSPS) is 25.8. The minimum atomic E-state index is -3.55. The highest BCUT2D eigenvalue weighted by Gasteiger charge is 2.48. The maximum atomic E-state index is 13.4. The third-order valence-corrected chi connectivity index (χ3v) is 8.74. The van der Waals surface area contributed by atoms with Crippen LogP contribution in [-0.4, -0.2) is 32.5 Å². The molecule has 0 aliphatic carbocycles. The van der Waals surface area contributed by atoms with Crippen molar-refractivity contribution in [3.8, 4) is 5.75 Å². The second-order valence-corrected chi connectivity index (χ2v) is 10.8. The van der Waals surface area contributed by atoms with Crippen molar-refractivity contribution in [2.24, 2.45) is 5.41 Å². The summed E-state index contributed by atoms with van der Waals surface area (Å²) in [4.78, 5) is 0.319. The smallest absolute Gasteiger partial charge is 0.179 e. The van der Waals surface area contributed by atoms with Crippen LogP contribution in [0, 0.1) is 5.41 Å². The lowest BCUT2D eigenvalue weighted by Gasteiger charge is -2.39. The molecule has 0 saturated heterocycles. The first kappa shape index (κ1) is 22.3. The number of unbranched alkanes of at least 4 members (excludes halogenated alkanes) is 1. The Balaban J connectivity index is 2.30. The Labute approximate surface area is 182 Å². The lowest BCUT2D eigenvalue weighted by Crippen LogP contribution is -2.42. The van der Waals surface area contributed by atoms with Crippen molar-refractivity contribution in [3.05, 3.63) is 58.1 Å². The van der Waals surface area contributed by atoms with E-state index in [0.29, 0.717) is 29.1 Å². The second kappa shape index (κ2) is 8.78. The quantitative estimate of drug-likeness (QED) is 0.606. The number of rotatable bonds is 6. The van der Waals surface area contributed by atoms with E-state index in [2.05, 4.69) is 22.9 Å². The second-order valence-electron chi connectivity index (χ2n) is 7.96. The molecule has 3 atom stereocenters. The van der Waals surface area contributed by atoms with Crippen molar-refractivity contribution in [2.45, 2.75) is 56.4 Å². The first-order valence-corrected chi connectivity index (χ1v) is 12.6. The van der Waals surface area contributed by atoms with Gasteiger partial charge in [-0.15, -0.1) is 0 Å². The monoisotopic (exact) mass is 480 g/mol. The minimum Gasteiger partial charge on any atom is -0.497 e. The predicted molar refractivity (Wildman–Crippen MR) is 119 cm³/mol. The van der Waals surface area contributed by atoms with E-state index in [1.165, 1.54) is 0 Å². The predicted octanol–water partition coefficient (Wildman–Crippen LogP) is 5.32. The fraction of sp³-hybridized carbons (Fsp3) is 0.478. The van der Waals surface area contributed by atoms with Crippen LogP contribution in [0.4, 0.5) is 0 Å². The first-order valence-electron chi connectivity index (χ1n) is 10.1. The Hall–Kier alpha value is -1.37. The van der Waals surface area contributed by atoms with Crippen LogP contribution in [0.15, 0.2) is 51.8 Å². The van der Waals surface area contributed by atoms with Crippen LogP contribution < -0.4 is 4.74 Å². The number of aliphatic hydroxyl groups excluding tert-OH is 1. The molecule has 2 aromatic rings. The van der Waals surface area contributed by atoms with E-state index >= 15 is 0 Å². The van der Waals surface area contributed by atoms with Crippen molar-refractivity contribution in [2.75, 3.05) is 12.9 Å². The molecule has 0 fully saturated rings. The zero-order valence-corrected chi connectivity index (χ0v) is 19.6. The van der Waals surface area contributed by atoms with Crippen LogP contribution in [0.2, 0.25) is 0 Å². The molecule has 1 heterocycles. The molecule has 4 nitrogen and oxygen atoms in total. The molecule has 0 amide bonds. The van der Waals surface area contributed by atoms with E-state index in [0.717, 1.165) is 22.9 Å². The van der Waals surface area contributed by atoms with Gasteiger partial charge >= 0.3 is 0 Å². The van der Waals surface area contributed by atoms with Gasteiger partial charge in [0.1, 0.15) is 5.75 Å². The van der Waals surface area contributed by atoms with Crippen molar-refractivity contribution >= 4 is 25.8 Å². The molecule has 1 aliphatic heterocycles. The van der Waals surface area contributed by atoms with Gasteiger partial charge in [0.2, 0.25) is 0 Å². The zero-order valence-electron chi connectivity index (χ0n) is 17.2. The van der Waals surface area contributed by atoms with Gasteiger partial charge in [-0.05, 0) is 54.3 Å². The van der Waals surface area contributed by atoms with Gasteiger partial charge < -0.3 is 9.84 Å². The summed E-state index contributed by atoms with van der Waals surface area (Å²) < 4.78 is 33.1. The van der Waals surface area contributed by atoms with Crippen molar-refractivity contribution in [1.29, 1.82) is 0 Å². The van der Waals surface area contributed by atoms with Gasteiger partial charge in [0.15, 0.2) is 9.84 Å². The Bertz CT molecular complexity index is 973. The number of benzene rings is 2. The Morgan fingerprint density at radius 3 is 2.62 bits per heavy atom. The number of hydrogen-bond acceptors (Lipinski definition) is 4. The number of methoxy groups -OCH3 is 1. The number of fused-ring (bicyclic) bond motifs is 1. The third-order valence-electron chi connectivity index (χ3n) is 6.25. The van der Waals surface area contributed by atoms with Crippen LogP contribution in [0.3, 0.4) is 0 Å². The fourth-order valence-electron chi connectivity index (χ4n) is 4.54. The number of sulfone groups is 1. The van der Waals surface area contributed by atoms with E-state index in [1.54, 1.807) is 19.2 Å². The maximum absolute atomic E-state index is 13.4. The lowest BCUT2D eigenvalue weighted by atomic mass is 9.69. The largest absolute Gasteiger partial charge is 0.497 e. The van der Waals surface area contributed by atoms with Crippen LogP contribution in [-0.2, 0) is 9.84 Å². The maximum Gasteiger partial charge on any atom is 0.179 e. The molecular formula is C23H29BrO4S. The van der Waals surface area contributed by atoms with Crippen LogP contribution in [0.1, 0.15) is 56.6 Å². The number of ether oxygens (including phenoxy) is 1. The molecule has 158 valence electrons. The molecule has 3 rings (SSSR count). The van der Waals surface area contributed by atoms with Gasteiger partial charge in [0.25, 0.3) is 0 Å². The lowest BCUT2D eigenvalue weighted by molar-refractivity contribution is 0.0173. The third kappa shape index (κ3) is 4.25. The molecule has 1 N–H and O–H groups in total. The van der Waals surface area contributed by atoms with Crippen LogP contribution in [0.25, 0.3) is 0 Å². The molecule has 6 heteroatoms. The Kier molecular flexibility index (Phi) is 6.76. The van der Waals surface area contributed by atoms with Gasteiger partial charge in [-0.2, -0.15) is 0 Å². The molecule has 29 heavy (non-hydrogen) atoms. The summed E-state index contributed by atoms with van der Waals surface area (Å²) in [5, 5.41) is 11.8. The average molecular weight is 481 g/mol. The van der Waals surface area contributed by atoms with Gasteiger partial charge in [0.05, 0.1) is 23.9 Å². The van der Waals surface area contributed by atoms with Crippen LogP contribution in [0.5, 0.6) is 5.75 Å². The number of aliphatic hydroxyl groups is 1. The van der Waals surface area contributed by atoms with Crippen LogP contribution >= 0.6 is 15.9 Å². The fourth-order valence-corrected chi connectivity index (χ4v) is 7.18. The summed E-state index contributed by atoms with van der Waals surface area (Å²) in [7, 11) is -1.94. The summed E-state index contributed by atoms with van der Waals surface area (Å²) in [6, 6.07) is 12.9. The summed E-state index contributed by atoms with van der Waals surface area (Å²) in [6.45, 7) is 4.08. The van der Waals surface area contributed by atoms with Gasteiger partial charge in [-0.25, -0.2) is 8.42 Å². The molecule has 0 radical (unpaired) electrons. The summed E-state index contributed by atoms with van der Waals surface area (Å²) >= 11 is 3.49. The SMILES string of the molecule is CCCC[C@]1(CC)CS(=O)(=O)c2ccc(Br)cc2[C@H](c2cccc(OC)c2)[C@@H]1O. The van der Waals surface area contributed by atoms with Gasteiger partial charge in [-0.1, -0.05) is 54.8 Å². The average Bonchev–Trinajstić information content (AvgIpc) is 2.77. The standard InChI is InChI=1S/C23H29BrO4S/c1-4-6-12-23(5-2)15-29(26,27)20-11-10-17(24)14-19(20)21(22(23)25)16-8-7-9-18(13-16)28-3/h7-11,13-14,21-22,25H,4-6,12,15H2,1-3H3/t21-,22-,23+/m0/s1. The van der Waals surface area contributed by atoms with E-state index in [1.807, 2.05) is 37.3 Å². The molecule has 0 saturated carbocycles. The topological polar surface area (TPSA) is 63.6 Å². The molecule has 0 unspecified atom stereocenters. The molecule has 0 spiro atoms. The van der Waals surface area contributed by atoms with E-state index in [-0.39, 0.29) is 5.75 Å². The molecule has 0 bridgehead atoms. The Morgan fingerprint density at radius 1 is 1.21 bits per heavy atom.